The predicted octanol–water partition coefficient (Wildman–Crippen LogP) is 2.88. The van der Waals surface area contributed by atoms with Crippen molar-refractivity contribution in [2.75, 3.05) is 13.1 Å². The van der Waals surface area contributed by atoms with Crippen molar-refractivity contribution < 1.29 is 18.4 Å². The Labute approximate surface area is 134 Å². The minimum Gasteiger partial charge on any atom is -0.351 e. The van der Waals surface area contributed by atoms with Gasteiger partial charge in [0.25, 0.3) is 5.91 Å². The monoisotopic (exact) mass is 324 g/mol. The molecule has 0 spiro atoms. The smallest absolute Gasteiger partial charge is 0.254 e. The zero-order valence-corrected chi connectivity index (χ0v) is 13.3. The molecule has 4 nitrogen and oxygen atoms in total. The van der Waals surface area contributed by atoms with Crippen LogP contribution in [0.15, 0.2) is 18.2 Å². The van der Waals surface area contributed by atoms with Crippen LogP contribution in [0.4, 0.5) is 8.78 Å². The maximum Gasteiger partial charge on any atom is 0.254 e. The Kier molecular flexibility index (Phi) is 6.07. The van der Waals surface area contributed by atoms with Crippen LogP contribution in [0.2, 0.25) is 0 Å². The number of likely N-dealkylation sites (tertiary alicyclic amines) is 1. The molecule has 1 aliphatic heterocycles. The number of amides is 2. The highest BCUT2D eigenvalue weighted by Crippen LogP contribution is 2.20. The molecular formula is C17H22F2N2O2. The van der Waals surface area contributed by atoms with Gasteiger partial charge in [-0.05, 0) is 37.8 Å². The summed E-state index contributed by atoms with van der Waals surface area (Å²) in [5.41, 5.74) is -0.219. The fourth-order valence-corrected chi connectivity index (χ4v) is 2.95. The van der Waals surface area contributed by atoms with Gasteiger partial charge in [0.15, 0.2) is 0 Å². The third-order valence-corrected chi connectivity index (χ3v) is 4.22. The second-order valence-electron chi connectivity index (χ2n) is 5.78. The highest BCUT2D eigenvalue weighted by atomic mass is 19.1. The van der Waals surface area contributed by atoms with Crippen molar-refractivity contribution in [2.45, 2.75) is 45.1 Å². The summed E-state index contributed by atoms with van der Waals surface area (Å²) in [6, 6.07) is 3.07. The van der Waals surface area contributed by atoms with Crippen LogP contribution in [0.3, 0.4) is 0 Å². The summed E-state index contributed by atoms with van der Waals surface area (Å²) in [6.07, 6.45) is 4.29. The van der Waals surface area contributed by atoms with Gasteiger partial charge in [0.1, 0.15) is 11.6 Å². The Morgan fingerprint density at radius 1 is 1.30 bits per heavy atom. The molecule has 0 bridgehead atoms. The van der Waals surface area contributed by atoms with Crippen molar-refractivity contribution in [1.29, 1.82) is 0 Å². The van der Waals surface area contributed by atoms with Crippen molar-refractivity contribution in [3.8, 4) is 0 Å². The molecule has 1 aromatic carbocycles. The summed E-state index contributed by atoms with van der Waals surface area (Å²) >= 11 is 0. The topological polar surface area (TPSA) is 49.4 Å². The highest BCUT2D eigenvalue weighted by molar-refractivity contribution is 5.94. The third-order valence-electron chi connectivity index (χ3n) is 4.22. The molecular weight excluding hydrogens is 302 g/mol. The molecule has 0 saturated carbocycles. The van der Waals surface area contributed by atoms with E-state index in [1.807, 2.05) is 4.90 Å². The number of nitrogens with one attached hydrogen (secondary N) is 1. The third kappa shape index (κ3) is 4.50. The standard InChI is InChI=1S/C17H22F2N2O2/c1-2-13-5-3-4-10-21(13)16(22)8-9-20-17(23)14-7-6-12(18)11-15(14)19/h6-7,11,13H,2-5,8-10H2,1H3,(H,20,23). The summed E-state index contributed by atoms with van der Waals surface area (Å²) in [5.74, 6) is -2.27. The minimum atomic E-state index is -0.907. The van der Waals surface area contributed by atoms with E-state index >= 15 is 0 Å². The van der Waals surface area contributed by atoms with E-state index in [2.05, 4.69) is 12.2 Å². The molecule has 1 aromatic rings. The van der Waals surface area contributed by atoms with Crippen LogP contribution in [-0.4, -0.2) is 35.8 Å². The van der Waals surface area contributed by atoms with Gasteiger partial charge < -0.3 is 10.2 Å². The van der Waals surface area contributed by atoms with E-state index in [1.165, 1.54) is 0 Å². The van der Waals surface area contributed by atoms with Gasteiger partial charge in [-0.3, -0.25) is 9.59 Å². The number of hydrogen-bond donors (Lipinski definition) is 1. The van der Waals surface area contributed by atoms with Gasteiger partial charge in [-0.1, -0.05) is 6.92 Å². The number of nitrogens with zero attached hydrogens (tertiary/aromatic N) is 1. The summed E-state index contributed by atoms with van der Waals surface area (Å²) in [7, 11) is 0. The van der Waals surface area contributed by atoms with Gasteiger partial charge >= 0.3 is 0 Å². The second kappa shape index (κ2) is 8.04. The maximum atomic E-state index is 13.5. The first-order chi connectivity index (χ1) is 11.0. The first-order valence-corrected chi connectivity index (χ1v) is 8.05. The molecule has 1 saturated heterocycles. The lowest BCUT2D eigenvalue weighted by Crippen LogP contribution is -2.44. The normalized spacial score (nSPS) is 17.9. The fourth-order valence-electron chi connectivity index (χ4n) is 2.95. The molecule has 23 heavy (non-hydrogen) atoms. The largest absolute Gasteiger partial charge is 0.351 e. The molecule has 0 radical (unpaired) electrons. The zero-order chi connectivity index (χ0) is 16.8. The Morgan fingerprint density at radius 3 is 2.78 bits per heavy atom. The van der Waals surface area contributed by atoms with E-state index in [9.17, 15) is 18.4 Å². The van der Waals surface area contributed by atoms with Gasteiger partial charge in [-0.25, -0.2) is 8.78 Å². The van der Waals surface area contributed by atoms with Crippen molar-refractivity contribution >= 4 is 11.8 Å². The average Bonchev–Trinajstić information content (AvgIpc) is 2.54. The van der Waals surface area contributed by atoms with Crippen LogP contribution in [0.25, 0.3) is 0 Å². The van der Waals surface area contributed by atoms with Gasteiger partial charge in [0, 0.05) is 31.6 Å². The quantitative estimate of drug-likeness (QED) is 0.905. The molecule has 1 N–H and O–H groups in total. The lowest BCUT2D eigenvalue weighted by Gasteiger charge is -2.35. The van der Waals surface area contributed by atoms with Crippen molar-refractivity contribution in [3.05, 3.63) is 35.4 Å². The highest BCUT2D eigenvalue weighted by Gasteiger charge is 2.24. The molecule has 1 atom stereocenters. The molecule has 1 heterocycles. The molecule has 1 fully saturated rings. The first-order valence-electron chi connectivity index (χ1n) is 8.05. The molecule has 1 aliphatic rings. The van der Waals surface area contributed by atoms with Crippen LogP contribution >= 0.6 is 0 Å². The SMILES string of the molecule is CCC1CCCCN1C(=O)CCNC(=O)c1ccc(F)cc1F. The number of benzene rings is 1. The summed E-state index contributed by atoms with van der Waals surface area (Å²) < 4.78 is 26.3. The van der Waals surface area contributed by atoms with E-state index < -0.39 is 17.5 Å². The van der Waals surface area contributed by atoms with Crippen molar-refractivity contribution in [1.82, 2.24) is 10.2 Å². The van der Waals surface area contributed by atoms with E-state index in [0.717, 1.165) is 44.4 Å². The van der Waals surface area contributed by atoms with Crippen molar-refractivity contribution in [3.63, 3.8) is 0 Å². The van der Waals surface area contributed by atoms with Gasteiger partial charge in [0.2, 0.25) is 5.91 Å². The van der Waals surface area contributed by atoms with E-state index in [1.54, 1.807) is 0 Å². The molecule has 6 heteroatoms. The molecule has 126 valence electrons. The Hall–Kier alpha value is -1.98. The van der Waals surface area contributed by atoms with Gasteiger partial charge in [-0.2, -0.15) is 0 Å². The van der Waals surface area contributed by atoms with Gasteiger partial charge in [-0.15, -0.1) is 0 Å². The van der Waals surface area contributed by atoms with Crippen LogP contribution in [-0.2, 0) is 4.79 Å². The fraction of sp³-hybridized carbons (Fsp3) is 0.529. The van der Waals surface area contributed by atoms with E-state index in [0.29, 0.717) is 6.07 Å². The number of halogens is 2. The summed E-state index contributed by atoms with van der Waals surface area (Å²) in [5, 5.41) is 2.51. The van der Waals surface area contributed by atoms with E-state index in [-0.39, 0.29) is 30.5 Å². The number of piperidine rings is 1. The van der Waals surface area contributed by atoms with Crippen molar-refractivity contribution in [2.24, 2.45) is 0 Å². The number of rotatable bonds is 5. The number of carbonyl (C=O) groups excluding carboxylic acids is 2. The minimum absolute atomic E-state index is 0.0106. The van der Waals surface area contributed by atoms with Crippen LogP contribution in [0, 0.1) is 11.6 Å². The Balaban J connectivity index is 1.84. The summed E-state index contributed by atoms with van der Waals surface area (Å²) in [6.45, 7) is 2.97. The Bertz CT molecular complexity index is 578. The Morgan fingerprint density at radius 2 is 2.09 bits per heavy atom. The number of carbonyl (C=O) groups is 2. The van der Waals surface area contributed by atoms with Crippen LogP contribution < -0.4 is 5.32 Å². The van der Waals surface area contributed by atoms with Crippen LogP contribution in [0.5, 0.6) is 0 Å². The molecule has 0 aliphatic carbocycles. The lowest BCUT2D eigenvalue weighted by atomic mass is 9.99. The molecule has 0 aromatic heterocycles. The summed E-state index contributed by atoms with van der Waals surface area (Å²) in [4.78, 5) is 26.0. The zero-order valence-electron chi connectivity index (χ0n) is 13.3. The second-order valence-corrected chi connectivity index (χ2v) is 5.78. The van der Waals surface area contributed by atoms with Gasteiger partial charge in [0.05, 0.1) is 5.56 Å². The maximum absolute atomic E-state index is 13.5. The number of hydrogen-bond acceptors (Lipinski definition) is 2. The molecule has 2 rings (SSSR count). The van der Waals surface area contributed by atoms with E-state index in [4.69, 9.17) is 0 Å². The lowest BCUT2D eigenvalue weighted by molar-refractivity contribution is -0.134. The van der Waals surface area contributed by atoms with Crippen LogP contribution in [0.1, 0.15) is 49.4 Å². The molecule has 2 amide bonds. The first kappa shape index (κ1) is 17.4. The predicted molar refractivity (Wildman–Crippen MR) is 83.0 cm³/mol. The average molecular weight is 324 g/mol. The molecule has 1 unspecified atom stereocenters.